The van der Waals surface area contributed by atoms with Crippen molar-refractivity contribution in [3.8, 4) is 11.1 Å². The molecule has 0 spiro atoms. The van der Waals surface area contributed by atoms with Crippen LogP contribution in [0.3, 0.4) is 0 Å². The van der Waals surface area contributed by atoms with Crippen LogP contribution in [0.5, 0.6) is 0 Å². The molecule has 132 valence electrons. The van der Waals surface area contributed by atoms with Gasteiger partial charge < -0.3 is 20.7 Å². The van der Waals surface area contributed by atoms with Gasteiger partial charge in [-0.05, 0) is 48.4 Å². The maximum atomic E-state index is 13.4. The molecule has 0 bridgehead atoms. The Labute approximate surface area is 146 Å². The third-order valence-corrected chi connectivity index (χ3v) is 4.19. The van der Waals surface area contributed by atoms with Gasteiger partial charge in [0.2, 0.25) is 0 Å². The summed E-state index contributed by atoms with van der Waals surface area (Å²) in [5, 5.41) is 2.91. The van der Waals surface area contributed by atoms with E-state index >= 15 is 0 Å². The predicted octanol–water partition coefficient (Wildman–Crippen LogP) is 3.07. The number of halogens is 1. The lowest BCUT2D eigenvalue weighted by atomic mass is 10.1. The average Bonchev–Trinajstić information content (AvgIpc) is 2.62. The predicted molar refractivity (Wildman–Crippen MR) is 95.8 cm³/mol. The molecule has 0 unspecified atom stereocenters. The lowest BCUT2D eigenvalue weighted by Gasteiger charge is -2.32. The number of nitrogens with zero attached hydrogens (tertiary/aromatic N) is 1. The largest absolute Gasteiger partial charge is 0.374 e. The summed E-state index contributed by atoms with van der Waals surface area (Å²) in [7, 11) is 0. The number of benzene rings is 2. The van der Waals surface area contributed by atoms with E-state index in [9.17, 15) is 9.18 Å². The molecule has 2 aromatic carbocycles. The minimum Gasteiger partial charge on any atom is -0.374 e. The molecule has 1 aliphatic heterocycles. The number of anilines is 1. The van der Waals surface area contributed by atoms with Crippen LogP contribution in [-0.2, 0) is 4.74 Å². The third kappa shape index (κ3) is 4.55. The molecule has 2 aromatic rings. The van der Waals surface area contributed by atoms with Crippen molar-refractivity contribution in [3.63, 3.8) is 0 Å². The van der Waals surface area contributed by atoms with Gasteiger partial charge in [0.15, 0.2) is 0 Å². The highest BCUT2D eigenvalue weighted by molar-refractivity contribution is 5.90. The van der Waals surface area contributed by atoms with Crippen LogP contribution in [0.4, 0.5) is 14.9 Å². The molecule has 25 heavy (non-hydrogen) atoms. The van der Waals surface area contributed by atoms with E-state index in [1.165, 1.54) is 12.1 Å². The lowest BCUT2D eigenvalue weighted by molar-refractivity contribution is -0.0146. The summed E-state index contributed by atoms with van der Waals surface area (Å²) >= 11 is 0. The Morgan fingerprint density at radius 3 is 2.76 bits per heavy atom. The highest BCUT2D eigenvalue weighted by Gasteiger charge is 2.23. The van der Waals surface area contributed by atoms with E-state index < -0.39 is 0 Å². The fraction of sp³-hybridized carbons (Fsp3) is 0.316. The molecule has 5 nitrogen and oxygen atoms in total. The van der Waals surface area contributed by atoms with Crippen molar-refractivity contribution in [2.75, 3.05) is 31.6 Å². The number of hydrogen-bond acceptors (Lipinski definition) is 3. The molecule has 1 aliphatic rings. The number of carbonyl (C=O) groups is 1. The summed E-state index contributed by atoms with van der Waals surface area (Å²) in [6.07, 6.45) is 0.724. The summed E-state index contributed by atoms with van der Waals surface area (Å²) in [6, 6.07) is 13.6. The van der Waals surface area contributed by atoms with Crippen LogP contribution >= 0.6 is 0 Å². The number of urea groups is 1. The number of rotatable bonds is 4. The van der Waals surface area contributed by atoms with Gasteiger partial charge >= 0.3 is 6.03 Å². The van der Waals surface area contributed by atoms with Crippen molar-refractivity contribution in [2.24, 2.45) is 5.73 Å². The number of nitrogens with one attached hydrogen (secondary N) is 1. The first-order chi connectivity index (χ1) is 12.2. The zero-order chi connectivity index (χ0) is 17.6. The van der Waals surface area contributed by atoms with E-state index in [-0.39, 0.29) is 18.0 Å². The molecule has 0 aromatic heterocycles. The van der Waals surface area contributed by atoms with Crippen LogP contribution in [0.1, 0.15) is 6.42 Å². The first-order valence-electron chi connectivity index (χ1n) is 8.39. The Balaban J connectivity index is 1.68. The summed E-state index contributed by atoms with van der Waals surface area (Å²) < 4.78 is 19.0. The smallest absolute Gasteiger partial charge is 0.322 e. The standard InChI is InChI=1S/C19H22FN3O2/c20-16-5-1-3-14(11-16)15-4-2-6-17(12-15)22-19(24)23-9-10-25-18(13-23)7-8-21/h1-6,11-12,18H,7-10,13,21H2,(H,22,24)/t18-/m0/s1. The Bertz CT molecular complexity index is 736. The number of morpholine rings is 1. The second-order valence-corrected chi connectivity index (χ2v) is 6.04. The molecule has 1 fully saturated rings. The minimum atomic E-state index is -0.286. The van der Waals surface area contributed by atoms with Gasteiger partial charge in [-0.3, -0.25) is 0 Å². The first kappa shape index (κ1) is 17.4. The van der Waals surface area contributed by atoms with Crippen molar-refractivity contribution in [2.45, 2.75) is 12.5 Å². The van der Waals surface area contributed by atoms with E-state index in [2.05, 4.69) is 5.32 Å². The van der Waals surface area contributed by atoms with Gasteiger partial charge in [0.25, 0.3) is 0 Å². The monoisotopic (exact) mass is 343 g/mol. The van der Waals surface area contributed by atoms with Gasteiger partial charge in [-0.15, -0.1) is 0 Å². The second kappa shape index (κ2) is 8.09. The third-order valence-electron chi connectivity index (χ3n) is 4.19. The van der Waals surface area contributed by atoms with Crippen LogP contribution in [-0.4, -0.2) is 43.3 Å². The van der Waals surface area contributed by atoms with E-state index in [4.69, 9.17) is 10.5 Å². The van der Waals surface area contributed by atoms with Gasteiger partial charge in [-0.25, -0.2) is 9.18 Å². The maximum absolute atomic E-state index is 13.4. The Morgan fingerprint density at radius 1 is 1.24 bits per heavy atom. The van der Waals surface area contributed by atoms with Crippen molar-refractivity contribution in [3.05, 3.63) is 54.3 Å². The summed E-state index contributed by atoms with van der Waals surface area (Å²) in [5.74, 6) is -0.286. The lowest BCUT2D eigenvalue weighted by Crippen LogP contribution is -2.47. The molecule has 1 saturated heterocycles. The van der Waals surface area contributed by atoms with E-state index in [0.29, 0.717) is 31.9 Å². The van der Waals surface area contributed by atoms with Crippen molar-refractivity contribution >= 4 is 11.7 Å². The molecular formula is C19H22FN3O2. The van der Waals surface area contributed by atoms with Gasteiger partial charge in [0.05, 0.1) is 12.7 Å². The molecule has 0 saturated carbocycles. The number of amides is 2. The minimum absolute atomic E-state index is 0.0110. The van der Waals surface area contributed by atoms with Crippen molar-refractivity contribution < 1.29 is 13.9 Å². The van der Waals surface area contributed by atoms with Gasteiger partial charge in [-0.2, -0.15) is 0 Å². The van der Waals surface area contributed by atoms with Crippen molar-refractivity contribution in [1.82, 2.24) is 4.90 Å². The summed E-state index contributed by atoms with van der Waals surface area (Å²) in [4.78, 5) is 14.2. The number of hydrogen-bond donors (Lipinski definition) is 2. The van der Waals surface area contributed by atoms with E-state index in [1.807, 2.05) is 30.3 Å². The van der Waals surface area contributed by atoms with Gasteiger partial charge in [0.1, 0.15) is 5.82 Å². The molecule has 3 rings (SSSR count). The fourth-order valence-corrected chi connectivity index (χ4v) is 2.91. The average molecular weight is 343 g/mol. The molecule has 0 aliphatic carbocycles. The topological polar surface area (TPSA) is 67.6 Å². The highest BCUT2D eigenvalue weighted by atomic mass is 19.1. The van der Waals surface area contributed by atoms with Crippen LogP contribution in [0, 0.1) is 5.82 Å². The molecule has 1 atom stereocenters. The Morgan fingerprint density at radius 2 is 2.00 bits per heavy atom. The zero-order valence-electron chi connectivity index (χ0n) is 14.0. The molecular weight excluding hydrogens is 321 g/mol. The van der Waals surface area contributed by atoms with Crippen LogP contribution in [0.15, 0.2) is 48.5 Å². The second-order valence-electron chi connectivity index (χ2n) is 6.04. The van der Waals surface area contributed by atoms with Crippen molar-refractivity contribution in [1.29, 1.82) is 0 Å². The van der Waals surface area contributed by atoms with Crippen LogP contribution < -0.4 is 11.1 Å². The Hall–Kier alpha value is -2.44. The normalized spacial score (nSPS) is 17.4. The molecule has 6 heteroatoms. The fourth-order valence-electron chi connectivity index (χ4n) is 2.91. The molecule has 1 heterocycles. The Kier molecular flexibility index (Phi) is 5.63. The molecule has 2 amide bonds. The number of carbonyl (C=O) groups excluding carboxylic acids is 1. The SMILES string of the molecule is NCC[C@H]1CN(C(=O)Nc2cccc(-c3cccc(F)c3)c2)CCO1. The maximum Gasteiger partial charge on any atom is 0.322 e. The number of ether oxygens (including phenoxy) is 1. The molecule has 3 N–H and O–H groups in total. The number of nitrogens with two attached hydrogens (primary N) is 1. The van der Waals surface area contributed by atoms with E-state index in [0.717, 1.165) is 17.5 Å². The zero-order valence-corrected chi connectivity index (χ0v) is 14.0. The summed E-state index contributed by atoms with van der Waals surface area (Å²) in [5.41, 5.74) is 7.85. The quantitative estimate of drug-likeness (QED) is 0.896. The van der Waals surface area contributed by atoms with E-state index in [1.54, 1.807) is 11.0 Å². The first-order valence-corrected chi connectivity index (χ1v) is 8.39. The molecule has 0 radical (unpaired) electrons. The summed E-state index contributed by atoms with van der Waals surface area (Å²) in [6.45, 7) is 2.14. The van der Waals surface area contributed by atoms with Gasteiger partial charge in [-0.1, -0.05) is 24.3 Å². The van der Waals surface area contributed by atoms with Gasteiger partial charge in [0, 0.05) is 18.8 Å². The highest BCUT2D eigenvalue weighted by Crippen LogP contribution is 2.23. The van der Waals surface area contributed by atoms with Crippen LogP contribution in [0.25, 0.3) is 11.1 Å². The van der Waals surface area contributed by atoms with Crippen LogP contribution in [0.2, 0.25) is 0 Å².